The standard InChI is InChI=1S/C13H14ClNO3/c1-8(12(16)15-9-6-7-9)18-13(17)10-4-2-3-5-11(10)14/h2-5,8-9H,6-7H2,1H3,(H,15,16)/t8-/m1/s1. The lowest BCUT2D eigenvalue weighted by Gasteiger charge is -2.13. The predicted molar refractivity (Wildman–Crippen MR) is 67.5 cm³/mol. The van der Waals surface area contributed by atoms with Gasteiger partial charge >= 0.3 is 5.97 Å². The van der Waals surface area contributed by atoms with Gasteiger partial charge in [0.2, 0.25) is 0 Å². The zero-order valence-electron chi connectivity index (χ0n) is 9.98. The van der Waals surface area contributed by atoms with Crippen LogP contribution >= 0.6 is 11.6 Å². The van der Waals surface area contributed by atoms with Crippen LogP contribution in [-0.4, -0.2) is 24.0 Å². The molecule has 4 nitrogen and oxygen atoms in total. The summed E-state index contributed by atoms with van der Waals surface area (Å²) in [6.45, 7) is 1.55. The molecule has 1 aliphatic carbocycles. The molecule has 1 N–H and O–H groups in total. The Hall–Kier alpha value is -1.55. The van der Waals surface area contributed by atoms with Gasteiger partial charge < -0.3 is 10.1 Å². The Kier molecular flexibility index (Phi) is 3.87. The van der Waals surface area contributed by atoms with Crippen molar-refractivity contribution in [3.63, 3.8) is 0 Å². The van der Waals surface area contributed by atoms with E-state index in [1.807, 2.05) is 0 Å². The molecule has 2 rings (SSSR count). The minimum Gasteiger partial charge on any atom is -0.449 e. The second kappa shape index (κ2) is 5.40. The van der Waals surface area contributed by atoms with Gasteiger partial charge in [-0.3, -0.25) is 4.79 Å². The number of carbonyl (C=O) groups is 2. The van der Waals surface area contributed by atoms with Gasteiger partial charge in [0.15, 0.2) is 6.10 Å². The van der Waals surface area contributed by atoms with E-state index in [4.69, 9.17) is 16.3 Å². The number of carbonyl (C=O) groups excluding carboxylic acids is 2. The normalized spacial score (nSPS) is 15.9. The zero-order chi connectivity index (χ0) is 13.1. The van der Waals surface area contributed by atoms with Crippen LogP contribution in [-0.2, 0) is 9.53 Å². The van der Waals surface area contributed by atoms with Crippen molar-refractivity contribution in [3.8, 4) is 0 Å². The molecule has 0 saturated heterocycles. The lowest BCUT2D eigenvalue weighted by molar-refractivity contribution is -0.129. The van der Waals surface area contributed by atoms with Gasteiger partial charge in [-0.05, 0) is 31.9 Å². The highest BCUT2D eigenvalue weighted by molar-refractivity contribution is 6.33. The van der Waals surface area contributed by atoms with Crippen LogP contribution in [0.3, 0.4) is 0 Å². The van der Waals surface area contributed by atoms with Crippen molar-refractivity contribution in [1.82, 2.24) is 5.32 Å². The van der Waals surface area contributed by atoms with Gasteiger partial charge in [-0.2, -0.15) is 0 Å². The largest absolute Gasteiger partial charge is 0.449 e. The van der Waals surface area contributed by atoms with E-state index in [-0.39, 0.29) is 17.5 Å². The number of esters is 1. The molecule has 0 radical (unpaired) electrons. The van der Waals surface area contributed by atoms with Crippen LogP contribution < -0.4 is 5.32 Å². The molecule has 0 bridgehead atoms. The summed E-state index contributed by atoms with van der Waals surface area (Å²) in [5.74, 6) is -0.850. The highest BCUT2D eigenvalue weighted by atomic mass is 35.5. The van der Waals surface area contributed by atoms with Crippen LogP contribution in [0.1, 0.15) is 30.1 Å². The van der Waals surface area contributed by atoms with Gasteiger partial charge in [-0.25, -0.2) is 4.79 Å². The fourth-order valence-corrected chi connectivity index (χ4v) is 1.66. The van der Waals surface area contributed by atoms with E-state index in [0.29, 0.717) is 5.02 Å². The number of hydrogen-bond donors (Lipinski definition) is 1. The highest BCUT2D eigenvalue weighted by Gasteiger charge is 2.27. The molecule has 1 fully saturated rings. The summed E-state index contributed by atoms with van der Waals surface area (Å²) in [6, 6.07) is 6.84. The maximum absolute atomic E-state index is 11.8. The van der Waals surface area contributed by atoms with Crippen molar-refractivity contribution in [2.45, 2.75) is 31.9 Å². The molecule has 0 aliphatic heterocycles. The summed E-state index contributed by atoms with van der Waals surface area (Å²) in [5.41, 5.74) is 0.269. The van der Waals surface area contributed by atoms with Crippen LogP contribution in [0.5, 0.6) is 0 Å². The van der Waals surface area contributed by atoms with E-state index in [2.05, 4.69) is 5.32 Å². The molecule has 0 unspecified atom stereocenters. The summed E-state index contributed by atoms with van der Waals surface area (Å²) in [4.78, 5) is 23.4. The average molecular weight is 268 g/mol. The minimum atomic E-state index is -0.811. The van der Waals surface area contributed by atoms with Gasteiger partial charge in [0.05, 0.1) is 10.6 Å². The first-order valence-electron chi connectivity index (χ1n) is 5.84. The Bertz CT molecular complexity index is 471. The molecular weight excluding hydrogens is 254 g/mol. The second-order valence-electron chi connectivity index (χ2n) is 4.31. The molecule has 18 heavy (non-hydrogen) atoms. The number of halogens is 1. The van der Waals surface area contributed by atoms with E-state index in [9.17, 15) is 9.59 Å². The van der Waals surface area contributed by atoms with E-state index in [1.54, 1.807) is 31.2 Å². The first-order valence-corrected chi connectivity index (χ1v) is 6.21. The Morgan fingerprint density at radius 3 is 2.67 bits per heavy atom. The molecule has 1 amide bonds. The fraction of sp³-hybridized carbons (Fsp3) is 0.385. The van der Waals surface area contributed by atoms with Crippen molar-refractivity contribution in [2.75, 3.05) is 0 Å². The first-order chi connectivity index (χ1) is 8.58. The number of ether oxygens (including phenoxy) is 1. The second-order valence-corrected chi connectivity index (χ2v) is 4.72. The smallest absolute Gasteiger partial charge is 0.340 e. The minimum absolute atomic E-state index is 0.249. The third-order valence-electron chi connectivity index (χ3n) is 2.67. The molecule has 1 aliphatic rings. The summed E-state index contributed by atoms with van der Waals surface area (Å²) in [5, 5.41) is 3.09. The lowest BCUT2D eigenvalue weighted by Crippen LogP contribution is -2.37. The number of benzene rings is 1. The van der Waals surface area contributed by atoms with Crippen molar-refractivity contribution < 1.29 is 14.3 Å². The molecule has 0 heterocycles. The number of amides is 1. The van der Waals surface area contributed by atoms with Crippen LogP contribution in [0.25, 0.3) is 0 Å². The molecule has 5 heteroatoms. The van der Waals surface area contributed by atoms with Crippen molar-refractivity contribution in [2.24, 2.45) is 0 Å². The summed E-state index contributed by atoms with van der Waals surface area (Å²) in [6.07, 6.45) is 1.18. The molecule has 1 aromatic rings. The SMILES string of the molecule is C[C@@H](OC(=O)c1ccccc1Cl)C(=O)NC1CC1. The van der Waals surface area contributed by atoms with Crippen molar-refractivity contribution in [1.29, 1.82) is 0 Å². The summed E-state index contributed by atoms with van der Waals surface area (Å²) < 4.78 is 5.07. The molecule has 1 atom stereocenters. The average Bonchev–Trinajstić information content (AvgIpc) is 3.13. The molecule has 1 saturated carbocycles. The van der Waals surface area contributed by atoms with Crippen LogP contribution in [0.4, 0.5) is 0 Å². The van der Waals surface area contributed by atoms with Crippen LogP contribution in [0.15, 0.2) is 24.3 Å². The molecule has 1 aromatic carbocycles. The maximum Gasteiger partial charge on any atom is 0.340 e. The zero-order valence-corrected chi connectivity index (χ0v) is 10.7. The fourth-order valence-electron chi connectivity index (χ4n) is 1.45. The Morgan fingerprint density at radius 2 is 2.06 bits per heavy atom. The predicted octanol–water partition coefficient (Wildman–Crippen LogP) is 2.16. The topological polar surface area (TPSA) is 55.4 Å². The molecular formula is C13H14ClNO3. The van der Waals surface area contributed by atoms with Gasteiger partial charge in [-0.15, -0.1) is 0 Å². The van der Waals surface area contributed by atoms with E-state index in [1.165, 1.54) is 0 Å². The number of nitrogens with one attached hydrogen (secondary N) is 1. The Morgan fingerprint density at radius 1 is 1.39 bits per heavy atom. The molecule has 0 spiro atoms. The van der Waals surface area contributed by atoms with Gasteiger partial charge in [0.25, 0.3) is 5.91 Å². The van der Waals surface area contributed by atoms with Crippen LogP contribution in [0.2, 0.25) is 5.02 Å². The van der Waals surface area contributed by atoms with E-state index in [0.717, 1.165) is 12.8 Å². The number of rotatable bonds is 4. The Balaban J connectivity index is 1.94. The first kappa shape index (κ1) is 12.9. The van der Waals surface area contributed by atoms with Gasteiger partial charge in [0.1, 0.15) is 0 Å². The van der Waals surface area contributed by atoms with E-state index >= 15 is 0 Å². The maximum atomic E-state index is 11.8. The number of hydrogen-bond acceptors (Lipinski definition) is 3. The Labute approximate surface area is 110 Å². The van der Waals surface area contributed by atoms with Gasteiger partial charge in [0, 0.05) is 6.04 Å². The van der Waals surface area contributed by atoms with Crippen molar-refractivity contribution >= 4 is 23.5 Å². The monoisotopic (exact) mass is 267 g/mol. The van der Waals surface area contributed by atoms with Crippen molar-refractivity contribution in [3.05, 3.63) is 34.9 Å². The quantitative estimate of drug-likeness (QED) is 0.851. The summed E-state index contributed by atoms with van der Waals surface area (Å²) in [7, 11) is 0. The third kappa shape index (κ3) is 3.23. The van der Waals surface area contributed by atoms with Gasteiger partial charge in [-0.1, -0.05) is 23.7 Å². The molecule has 0 aromatic heterocycles. The lowest BCUT2D eigenvalue weighted by atomic mass is 10.2. The van der Waals surface area contributed by atoms with E-state index < -0.39 is 12.1 Å². The third-order valence-corrected chi connectivity index (χ3v) is 3.00. The summed E-state index contributed by atoms with van der Waals surface area (Å²) >= 11 is 5.88. The molecule has 96 valence electrons. The van der Waals surface area contributed by atoms with Crippen LogP contribution in [0, 0.1) is 0 Å². The highest BCUT2D eigenvalue weighted by Crippen LogP contribution is 2.19.